The zero-order chi connectivity index (χ0) is 11.4. The van der Waals surface area contributed by atoms with Gasteiger partial charge in [0.05, 0.1) is 13.0 Å². The molecule has 0 aliphatic carbocycles. The second kappa shape index (κ2) is 4.87. The van der Waals surface area contributed by atoms with Gasteiger partial charge in [0.25, 0.3) is 0 Å². The molecule has 0 N–H and O–H groups in total. The molecule has 15 heavy (non-hydrogen) atoms. The molecule has 1 unspecified atom stereocenters. The molecule has 0 aromatic carbocycles. The van der Waals surface area contributed by atoms with Crippen LogP contribution in [0.2, 0.25) is 0 Å². The Bertz CT molecular complexity index is 350. The van der Waals surface area contributed by atoms with Crippen LogP contribution in [0.15, 0.2) is 12.3 Å². The van der Waals surface area contributed by atoms with Crippen molar-refractivity contribution in [3.8, 4) is 5.88 Å². The molecule has 1 aromatic rings. The minimum atomic E-state index is -0.250. The summed E-state index contributed by atoms with van der Waals surface area (Å²) in [6, 6.07) is 1.67. The van der Waals surface area contributed by atoms with Crippen LogP contribution in [0.1, 0.15) is 32.5 Å². The van der Waals surface area contributed by atoms with Gasteiger partial charge in [0.2, 0.25) is 5.88 Å². The van der Waals surface area contributed by atoms with E-state index in [0.29, 0.717) is 11.7 Å². The minimum Gasteiger partial charge on any atom is -0.481 e. The van der Waals surface area contributed by atoms with Crippen LogP contribution >= 0.6 is 0 Å². The molecule has 0 fully saturated rings. The molecule has 1 rings (SSSR count). The van der Waals surface area contributed by atoms with Crippen LogP contribution < -0.4 is 4.74 Å². The van der Waals surface area contributed by atoms with Gasteiger partial charge >= 0.3 is 0 Å². The SMILES string of the molecule is COc1ccnc(C(C(C)=O)C(C)C)n1. The second-order valence-electron chi connectivity index (χ2n) is 3.79. The van der Waals surface area contributed by atoms with Crippen molar-refractivity contribution in [1.29, 1.82) is 0 Å². The Morgan fingerprint density at radius 1 is 1.47 bits per heavy atom. The number of aromatic nitrogens is 2. The molecule has 0 spiro atoms. The van der Waals surface area contributed by atoms with Gasteiger partial charge in [-0.2, -0.15) is 4.98 Å². The maximum atomic E-state index is 11.5. The van der Waals surface area contributed by atoms with Crippen molar-refractivity contribution < 1.29 is 9.53 Å². The van der Waals surface area contributed by atoms with E-state index in [-0.39, 0.29) is 17.6 Å². The number of hydrogen-bond acceptors (Lipinski definition) is 4. The molecule has 4 heteroatoms. The lowest BCUT2D eigenvalue weighted by Gasteiger charge is -2.16. The van der Waals surface area contributed by atoms with E-state index in [2.05, 4.69) is 9.97 Å². The highest BCUT2D eigenvalue weighted by atomic mass is 16.5. The summed E-state index contributed by atoms with van der Waals surface area (Å²) in [7, 11) is 1.55. The van der Waals surface area contributed by atoms with Crippen molar-refractivity contribution in [3.63, 3.8) is 0 Å². The number of Topliss-reactive ketones (excluding diaryl/α,β-unsaturated/α-hetero) is 1. The van der Waals surface area contributed by atoms with Gasteiger partial charge in [-0.1, -0.05) is 13.8 Å². The van der Waals surface area contributed by atoms with E-state index in [0.717, 1.165) is 0 Å². The fraction of sp³-hybridized carbons (Fsp3) is 0.545. The molecule has 0 aliphatic rings. The Hall–Kier alpha value is -1.45. The molecular formula is C11H16N2O2. The van der Waals surface area contributed by atoms with Crippen LogP contribution in [0.3, 0.4) is 0 Å². The molecule has 1 heterocycles. The molecule has 0 aliphatic heterocycles. The lowest BCUT2D eigenvalue weighted by molar-refractivity contribution is -0.119. The number of methoxy groups -OCH3 is 1. The first-order valence-corrected chi connectivity index (χ1v) is 4.93. The summed E-state index contributed by atoms with van der Waals surface area (Å²) in [5.74, 6) is 1.05. The van der Waals surface area contributed by atoms with Gasteiger partial charge in [-0.25, -0.2) is 4.98 Å². The summed E-state index contributed by atoms with van der Waals surface area (Å²) in [5, 5.41) is 0. The molecule has 4 nitrogen and oxygen atoms in total. The van der Waals surface area contributed by atoms with Gasteiger partial charge in [0.1, 0.15) is 11.6 Å². The lowest BCUT2D eigenvalue weighted by atomic mass is 9.91. The third-order valence-electron chi connectivity index (χ3n) is 2.24. The van der Waals surface area contributed by atoms with Crippen molar-refractivity contribution in [2.24, 2.45) is 5.92 Å². The van der Waals surface area contributed by atoms with Crippen molar-refractivity contribution in [2.45, 2.75) is 26.7 Å². The second-order valence-corrected chi connectivity index (χ2v) is 3.79. The predicted molar refractivity (Wildman–Crippen MR) is 56.8 cm³/mol. The first-order valence-electron chi connectivity index (χ1n) is 4.93. The van der Waals surface area contributed by atoms with Crippen LogP contribution in [-0.4, -0.2) is 22.9 Å². The van der Waals surface area contributed by atoms with Gasteiger partial charge in [-0.15, -0.1) is 0 Å². The molecule has 0 saturated carbocycles. The molecule has 0 bridgehead atoms. The minimum absolute atomic E-state index is 0.0817. The van der Waals surface area contributed by atoms with E-state index in [1.165, 1.54) is 0 Å². The number of rotatable bonds is 4. The first kappa shape index (κ1) is 11.6. The Morgan fingerprint density at radius 2 is 2.13 bits per heavy atom. The van der Waals surface area contributed by atoms with Crippen molar-refractivity contribution in [2.75, 3.05) is 7.11 Å². The van der Waals surface area contributed by atoms with E-state index in [9.17, 15) is 4.79 Å². The van der Waals surface area contributed by atoms with Crippen LogP contribution in [0.4, 0.5) is 0 Å². The topological polar surface area (TPSA) is 52.1 Å². The summed E-state index contributed by atoms with van der Waals surface area (Å²) in [6.45, 7) is 5.53. The number of hydrogen-bond donors (Lipinski definition) is 0. The van der Waals surface area contributed by atoms with E-state index in [1.54, 1.807) is 26.3 Å². The smallest absolute Gasteiger partial charge is 0.216 e. The van der Waals surface area contributed by atoms with E-state index in [1.807, 2.05) is 13.8 Å². The van der Waals surface area contributed by atoms with Gasteiger partial charge in [-0.3, -0.25) is 4.79 Å². The van der Waals surface area contributed by atoms with Crippen molar-refractivity contribution in [3.05, 3.63) is 18.1 Å². The third-order valence-corrected chi connectivity index (χ3v) is 2.24. The van der Waals surface area contributed by atoms with Crippen LogP contribution in [0.5, 0.6) is 5.88 Å². The number of carbonyl (C=O) groups is 1. The molecule has 82 valence electrons. The number of carbonyl (C=O) groups excluding carboxylic acids is 1. The largest absolute Gasteiger partial charge is 0.481 e. The lowest BCUT2D eigenvalue weighted by Crippen LogP contribution is -2.18. The average Bonchev–Trinajstić information content (AvgIpc) is 2.17. The molecule has 0 radical (unpaired) electrons. The van der Waals surface area contributed by atoms with E-state index in [4.69, 9.17) is 4.74 Å². The summed E-state index contributed by atoms with van der Waals surface area (Å²) < 4.78 is 5.00. The summed E-state index contributed by atoms with van der Waals surface area (Å²) in [5.41, 5.74) is 0. The number of ketones is 1. The highest BCUT2D eigenvalue weighted by Crippen LogP contribution is 2.23. The van der Waals surface area contributed by atoms with Crippen molar-refractivity contribution >= 4 is 5.78 Å². The Morgan fingerprint density at radius 3 is 2.60 bits per heavy atom. The third kappa shape index (κ3) is 2.75. The Kier molecular flexibility index (Phi) is 3.77. The Balaban J connectivity index is 3.05. The predicted octanol–water partition coefficient (Wildman–Crippen LogP) is 1.81. The molecule has 1 aromatic heterocycles. The van der Waals surface area contributed by atoms with E-state index < -0.39 is 0 Å². The highest BCUT2D eigenvalue weighted by molar-refractivity contribution is 5.82. The van der Waals surface area contributed by atoms with Crippen LogP contribution in [-0.2, 0) is 4.79 Å². The summed E-state index contributed by atoms with van der Waals surface area (Å²) >= 11 is 0. The maximum absolute atomic E-state index is 11.5. The van der Waals surface area contributed by atoms with E-state index >= 15 is 0 Å². The zero-order valence-electron chi connectivity index (χ0n) is 9.52. The maximum Gasteiger partial charge on any atom is 0.216 e. The molecule has 0 saturated heterocycles. The van der Waals surface area contributed by atoms with Gasteiger partial charge in [0, 0.05) is 12.3 Å². The Labute approximate surface area is 89.7 Å². The summed E-state index contributed by atoms with van der Waals surface area (Å²) in [4.78, 5) is 19.8. The summed E-state index contributed by atoms with van der Waals surface area (Å²) in [6.07, 6.45) is 1.61. The quantitative estimate of drug-likeness (QED) is 0.757. The zero-order valence-corrected chi connectivity index (χ0v) is 9.52. The van der Waals surface area contributed by atoms with Gasteiger partial charge in [0.15, 0.2) is 0 Å². The molecular weight excluding hydrogens is 192 g/mol. The highest BCUT2D eigenvalue weighted by Gasteiger charge is 2.23. The number of nitrogens with zero attached hydrogens (tertiary/aromatic N) is 2. The normalized spacial score (nSPS) is 12.6. The molecule has 0 amide bonds. The van der Waals surface area contributed by atoms with Crippen LogP contribution in [0, 0.1) is 5.92 Å². The standard InChI is InChI=1S/C11H16N2O2/c1-7(2)10(8(3)14)11-12-6-5-9(13-11)15-4/h5-7,10H,1-4H3. The van der Waals surface area contributed by atoms with Crippen molar-refractivity contribution in [1.82, 2.24) is 9.97 Å². The molecule has 1 atom stereocenters. The fourth-order valence-corrected chi connectivity index (χ4v) is 1.57. The first-order chi connectivity index (χ1) is 7.06. The fourth-order valence-electron chi connectivity index (χ4n) is 1.57. The average molecular weight is 208 g/mol. The number of ether oxygens (including phenoxy) is 1. The van der Waals surface area contributed by atoms with Crippen LogP contribution in [0.25, 0.3) is 0 Å². The van der Waals surface area contributed by atoms with Gasteiger partial charge < -0.3 is 4.74 Å². The van der Waals surface area contributed by atoms with Gasteiger partial charge in [-0.05, 0) is 12.8 Å². The monoisotopic (exact) mass is 208 g/mol.